The summed E-state index contributed by atoms with van der Waals surface area (Å²) in [6.45, 7) is 5.23. The lowest BCUT2D eigenvalue weighted by atomic mass is 10.0. The van der Waals surface area contributed by atoms with Gasteiger partial charge in [-0.3, -0.25) is 0 Å². The average molecular weight is 206 g/mol. The van der Waals surface area contributed by atoms with Crippen molar-refractivity contribution in [1.29, 1.82) is 0 Å². The van der Waals surface area contributed by atoms with E-state index in [0.717, 1.165) is 23.8 Å². The van der Waals surface area contributed by atoms with Gasteiger partial charge in [0.25, 0.3) is 0 Å². The van der Waals surface area contributed by atoms with E-state index in [-0.39, 0.29) is 0 Å². The molecule has 0 aromatic carbocycles. The van der Waals surface area contributed by atoms with Crippen LogP contribution in [0.5, 0.6) is 0 Å². The number of rotatable bonds is 4. The molecule has 0 aliphatic heterocycles. The van der Waals surface area contributed by atoms with Crippen LogP contribution >= 0.6 is 0 Å². The maximum absolute atomic E-state index is 5.85. The van der Waals surface area contributed by atoms with Crippen LogP contribution in [0, 0.1) is 5.92 Å². The monoisotopic (exact) mass is 206 g/mol. The van der Waals surface area contributed by atoms with Crippen molar-refractivity contribution in [1.82, 2.24) is 9.97 Å². The zero-order valence-corrected chi connectivity index (χ0v) is 9.33. The van der Waals surface area contributed by atoms with Gasteiger partial charge in [0.15, 0.2) is 0 Å². The number of hydrogen-bond donors (Lipinski definition) is 2. The molecule has 4 heteroatoms. The minimum absolute atomic E-state index is 0.355. The quantitative estimate of drug-likeness (QED) is 0.791. The highest BCUT2D eigenvalue weighted by atomic mass is 15.0. The van der Waals surface area contributed by atoms with Gasteiger partial charge in [-0.15, -0.1) is 0 Å². The number of nitrogens with two attached hydrogens (primary N) is 1. The van der Waals surface area contributed by atoms with Gasteiger partial charge in [-0.05, 0) is 24.7 Å². The zero-order chi connectivity index (χ0) is 10.8. The Morgan fingerprint density at radius 2 is 2.20 bits per heavy atom. The molecule has 0 bridgehead atoms. The Labute approximate surface area is 90.3 Å². The first-order valence-electron chi connectivity index (χ1n) is 5.52. The summed E-state index contributed by atoms with van der Waals surface area (Å²) >= 11 is 0. The second-order valence-electron chi connectivity index (χ2n) is 4.50. The molecule has 82 valence electrons. The van der Waals surface area contributed by atoms with Gasteiger partial charge in [-0.2, -0.15) is 0 Å². The first-order valence-corrected chi connectivity index (χ1v) is 5.52. The molecular weight excluding hydrogens is 188 g/mol. The second kappa shape index (κ2) is 4.04. The Kier molecular flexibility index (Phi) is 2.75. The van der Waals surface area contributed by atoms with Crippen LogP contribution in [-0.4, -0.2) is 16.5 Å². The molecule has 4 nitrogen and oxygen atoms in total. The number of nitrogens with zero attached hydrogens (tertiary/aromatic N) is 2. The highest BCUT2D eigenvalue weighted by Gasteiger charge is 2.22. The number of hydrogen-bond acceptors (Lipinski definition) is 4. The van der Waals surface area contributed by atoms with E-state index in [1.165, 1.54) is 19.2 Å². The third-order valence-electron chi connectivity index (χ3n) is 2.75. The second-order valence-corrected chi connectivity index (χ2v) is 4.50. The molecule has 0 radical (unpaired) electrons. The molecule has 1 saturated carbocycles. The van der Waals surface area contributed by atoms with Crippen LogP contribution in [0.4, 0.5) is 11.6 Å². The number of anilines is 2. The Morgan fingerprint density at radius 1 is 1.47 bits per heavy atom. The van der Waals surface area contributed by atoms with E-state index in [0.29, 0.717) is 11.7 Å². The van der Waals surface area contributed by atoms with Crippen molar-refractivity contribution >= 4 is 11.6 Å². The molecule has 2 rings (SSSR count). The highest BCUT2D eigenvalue weighted by Crippen LogP contribution is 2.31. The van der Waals surface area contributed by atoms with Crippen LogP contribution in [0.3, 0.4) is 0 Å². The van der Waals surface area contributed by atoms with Crippen molar-refractivity contribution in [3.8, 4) is 0 Å². The van der Waals surface area contributed by atoms with Gasteiger partial charge in [-0.1, -0.05) is 13.8 Å². The number of nitrogens with one attached hydrogen (secondary N) is 1. The minimum atomic E-state index is 0.355. The fourth-order valence-electron chi connectivity index (χ4n) is 1.68. The summed E-state index contributed by atoms with van der Waals surface area (Å²) in [5, 5.41) is 3.37. The summed E-state index contributed by atoms with van der Waals surface area (Å²) in [6.07, 6.45) is 4.20. The average Bonchev–Trinajstić information content (AvgIpc) is 2.97. The van der Waals surface area contributed by atoms with Crippen molar-refractivity contribution in [2.24, 2.45) is 5.92 Å². The van der Waals surface area contributed by atoms with Gasteiger partial charge in [0.1, 0.15) is 18.0 Å². The van der Waals surface area contributed by atoms with Crippen LogP contribution in [-0.2, 0) is 0 Å². The standard InChI is InChI=1S/C11H18N4/c1-7(2)9-10(12)14-6-15-11(9)13-5-8-3-4-8/h6-8H,3-5H2,1-2H3,(H3,12,13,14,15). The SMILES string of the molecule is CC(C)c1c(N)ncnc1NCC1CC1. The molecule has 1 aliphatic rings. The predicted octanol–water partition coefficient (Wildman–Crippen LogP) is 2.00. The largest absolute Gasteiger partial charge is 0.383 e. The normalized spacial score (nSPS) is 15.7. The first-order chi connectivity index (χ1) is 7.18. The molecule has 1 heterocycles. The molecule has 1 aromatic rings. The summed E-state index contributed by atoms with van der Waals surface area (Å²) in [6, 6.07) is 0. The van der Waals surface area contributed by atoms with Crippen molar-refractivity contribution in [2.45, 2.75) is 32.6 Å². The predicted molar refractivity (Wildman–Crippen MR) is 61.7 cm³/mol. The molecule has 0 amide bonds. The fraction of sp³-hybridized carbons (Fsp3) is 0.636. The number of aromatic nitrogens is 2. The molecule has 15 heavy (non-hydrogen) atoms. The van der Waals surface area contributed by atoms with E-state index in [1.807, 2.05) is 0 Å². The van der Waals surface area contributed by atoms with Crippen LogP contribution in [0.2, 0.25) is 0 Å². The third-order valence-corrected chi connectivity index (χ3v) is 2.75. The van der Waals surface area contributed by atoms with Crippen molar-refractivity contribution in [3.05, 3.63) is 11.9 Å². The Morgan fingerprint density at radius 3 is 2.80 bits per heavy atom. The Balaban J connectivity index is 2.15. The molecular formula is C11H18N4. The van der Waals surface area contributed by atoms with Crippen LogP contribution in [0.1, 0.15) is 38.2 Å². The highest BCUT2D eigenvalue weighted by molar-refractivity contribution is 5.56. The topological polar surface area (TPSA) is 63.8 Å². The molecule has 3 N–H and O–H groups in total. The van der Waals surface area contributed by atoms with E-state index in [2.05, 4.69) is 29.1 Å². The molecule has 0 atom stereocenters. The maximum atomic E-state index is 5.85. The lowest BCUT2D eigenvalue weighted by Gasteiger charge is -2.14. The van der Waals surface area contributed by atoms with Crippen LogP contribution in [0.15, 0.2) is 6.33 Å². The van der Waals surface area contributed by atoms with E-state index < -0.39 is 0 Å². The van der Waals surface area contributed by atoms with Gasteiger partial charge in [-0.25, -0.2) is 9.97 Å². The number of nitrogen functional groups attached to an aromatic ring is 1. The molecule has 0 saturated heterocycles. The van der Waals surface area contributed by atoms with Gasteiger partial charge >= 0.3 is 0 Å². The summed E-state index contributed by atoms with van der Waals surface area (Å²) in [5.41, 5.74) is 6.89. The first kappa shape index (κ1) is 10.2. The molecule has 0 unspecified atom stereocenters. The minimum Gasteiger partial charge on any atom is -0.383 e. The summed E-state index contributed by atoms with van der Waals surface area (Å²) in [4.78, 5) is 8.29. The van der Waals surface area contributed by atoms with E-state index in [9.17, 15) is 0 Å². The van der Waals surface area contributed by atoms with Crippen molar-refractivity contribution in [3.63, 3.8) is 0 Å². The van der Waals surface area contributed by atoms with E-state index in [1.54, 1.807) is 0 Å². The van der Waals surface area contributed by atoms with Gasteiger partial charge in [0.05, 0.1) is 0 Å². The summed E-state index contributed by atoms with van der Waals surface area (Å²) < 4.78 is 0. The lowest BCUT2D eigenvalue weighted by Crippen LogP contribution is -2.11. The van der Waals surface area contributed by atoms with Crippen molar-refractivity contribution in [2.75, 3.05) is 17.6 Å². The fourth-order valence-corrected chi connectivity index (χ4v) is 1.68. The summed E-state index contributed by atoms with van der Waals surface area (Å²) in [5.74, 6) is 2.69. The smallest absolute Gasteiger partial charge is 0.134 e. The molecule has 1 fully saturated rings. The molecule has 0 spiro atoms. The van der Waals surface area contributed by atoms with Gasteiger partial charge in [0, 0.05) is 12.1 Å². The third kappa shape index (κ3) is 2.37. The molecule has 1 aromatic heterocycles. The van der Waals surface area contributed by atoms with Crippen molar-refractivity contribution < 1.29 is 0 Å². The van der Waals surface area contributed by atoms with Gasteiger partial charge in [0.2, 0.25) is 0 Å². The Bertz CT molecular complexity index is 344. The van der Waals surface area contributed by atoms with Crippen LogP contribution in [0.25, 0.3) is 0 Å². The zero-order valence-electron chi connectivity index (χ0n) is 9.33. The van der Waals surface area contributed by atoms with Gasteiger partial charge < -0.3 is 11.1 Å². The van der Waals surface area contributed by atoms with Crippen LogP contribution < -0.4 is 11.1 Å². The maximum Gasteiger partial charge on any atom is 0.134 e. The summed E-state index contributed by atoms with van der Waals surface area (Å²) in [7, 11) is 0. The lowest BCUT2D eigenvalue weighted by molar-refractivity contribution is 0.833. The molecule has 1 aliphatic carbocycles. The van der Waals surface area contributed by atoms with E-state index >= 15 is 0 Å². The van der Waals surface area contributed by atoms with E-state index in [4.69, 9.17) is 5.73 Å². The Hall–Kier alpha value is -1.32.